The molecule has 0 unspecified atom stereocenters. The molecule has 0 aromatic carbocycles. The van der Waals surface area contributed by atoms with Gasteiger partial charge in [0.05, 0.1) is 5.69 Å². The summed E-state index contributed by atoms with van der Waals surface area (Å²) in [6, 6.07) is 0. The predicted octanol–water partition coefficient (Wildman–Crippen LogP) is 2.06. The van der Waals surface area contributed by atoms with E-state index in [-0.39, 0.29) is 5.54 Å². The van der Waals surface area contributed by atoms with Gasteiger partial charge in [-0.1, -0.05) is 0 Å². The van der Waals surface area contributed by atoms with Crippen molar-refractivity contribution >= 4 is 0 Å². The Hall–Kier alpha value is -0.830. The quantitative estimate of drug-likeness (QED) is 0.822. The molecule has 1 heterocycles. The maximum Gasteiger partial charge on any atom is 0.0629 e. The molecule has 0 radical (unpaired) electrons. The summed E-state index contributed by atoms with van der Waals surface area (Å²) >= 11 is 0. The van der Waals surface area contributed by atoms with Gasteiger partial charge in [-0.25, -0.2) is 0 Å². The van der Waals surface area contributed by atoms with Gasteiger partial charge in [0.15, 0.2) is 0 Å². The lowest BCUT2D eigenvalue weighted by Gasteiger charge is -2.24. The van der Waals surface area contributed by atoms with E-state index in [0.717, 1.165) is 18.7 Å². The molecule has 3 nitrogen and oxygen atoms in total. The van der Waals surface area contributed by atoms with E-state index in [1.54, 1.807) is 0 Å². The first-order valence-electron chi connectivity index (χ1n) is 5.63. The normalized spacial score (nSPS) is 12.1. The van der Waals surface area contributed by atoms with Crippen LogP contribution in [0, 0.1) is 13.8 Å². The minimum atomic E-state index is 0.136. The largest absolute Gasteiger partial charge is 0.314 e. The molecule has 15 heavy (non-hydrogen) atoms. The van der Waals surface area contributed by atoms with E-state index >= 15 is 0 Å². The lowest BCUT2D eigenvalue weighted by atomic mass is 9.94. The van der Waals surface area contributed by atoms with Crippen LogP contribution in [0.5, 0.6) is 0 Å². The van der Waals surface area contributed by atoms with Gasteiger partial charge in [-0.05, 0) is 53.7 Å². The van der Waals surface area contributed by atoms with Crippen LogP contribution >= 0.6 is 0 Å². The lowest BCUT2D eigenvalue weighted by molar-refractivity contribution is 0.420. The van der Waals surface area contributed by atoms with Crippen LogP contribution in [-0.4, -0.2) is 22.4 Å². The molecule has 0 amide bonds. The first-order chi connectivity index (χ1) is 6.91. The predicted molar refractivity (Wildman–Crippen MR) is 64.2 cm³/mol. The number of rotatable bonds is 4. The van der Waals surface area contributed by atoms with Crippen LogP contribution in [0.1, 0.15) is 37.7 Å². The molecule has 0 atom stereocenters. The molecule has 1 rings (SSSR count). The van der Waals surface area contributed by atoms with Crippen molar-refractivity contribution < 1.29 is 0 Å². The summed E-state index contributed by atoms with van der Waals surface area (Å²) in [4.78, 5) is 0. The Morgan fingerprint density at radius 2 is 1.93 bits per heavy atom. The third kappa shape index (κ3) is 2.59. The van der Waals surface area contributed by atoms with E-state index in [0.29, 0.717) is 0 Å². The van der Waals surface area contributed by atoms with Gasteiger partial charge in [-0.15, -0.1) is 0 Å². The maximum atomic E-state index is 4.54. The van der Waals surface area contributed by atoms with E-state index < -0.39 is 0 Å². The Bertz CT molecular complexity index is 337. The molecule has 86 valence electrons. The van der Waals surface area contributed by atoms with E-state index in [4.69, 9.17) is 0 Å². The number of likely N-dealkylation sites (N-methyl/N-ethyl adjacent to an activating group) is 1. The number of aromatic nitrogens is 2. The summed E-state index contributed by atoms with van der Waals surface area (Å²) in [5.74, 6) is 0. The topological polar surface area (TPSA) is 29.9 Å². The summed E-state index contributed by atoms with van der Waals surface area (Å²) in [6.45, 7) is 11.8. The van der Waals surface area contributed by atoms with Crippen molar-refractivity contribution in [1.82, 2.24) is 15.1 Å². The molecule has 0 spiro atoms. The molecule has 0 aliphatic carbocycles. The van der Waals surface area contributed by atoms with Crippen molar-refractivity contribution in [2.75, 3.05) is 7.05 Å². The fraction of sp³-hybridized carbons (Fsp3) is 0.750. The molecule has 0 aliphatic heterocycles. The fourth-order valence-corrected chi connectivity index (χ4v) is 1.83. The second-order valence-corrected chi connectivity index (χ2v) is 4.78. The first kappa shape index (κ1) is 12.2. The smallest absolute Gasteiger partial charge is 0.0629 e. The van der Waals surface area contributed by atoms with Crippen LogP contribution in [0.25, 0.3) is 0 Å². The van der Waals surface area contributed by atoms with Crippen LogP contribution in [0.4, 0.5) is 0 Å². The number of hydrogen-bond acceptors (Lipinski definition) is 2. The van der Waals surface area contributed by atoms with E-state index in [2.05, 4.69) is 49.7 Å². The van der Waals surface area contributed by atoms with Gasteiger partial charge >= 0.3 is 0 Å². The SMILES string of the molecule is CCn1nc(C)c(CC(C)(C)NC)c1C. The highest BCUT2D eigenvalue weighted by Crippen LogP contribution is 2.19. The Balaban J connectivity index is 2.99. The number of nitrogens with one attached hydrogen (secondary N) is 1. The number of aryl methyl sites for hydroxylation is 2. The average molecular weight is 209 g/mol. The number of nitrogens with zero attached hydrogens (tertiary/aromatic N) is 2. The molecule has 0 bridgehead atoms. The van der Waals surface area contributed by atoms with Crippen LogP contribution in [0.2, 0.25) is 0 Å². The third-order valence-electron chi connectivity index (χ3n) is 3.13. The van der Waals surface area contributed by atoms with Crippen LogP contribution in [0.15, 0.2) is 0 Å². The van der Waals surface area contributed by atoms with Crippen LogP contribution in [0.3, 0.4) is 0 Å². The van der Waals surface area contributed by atoms with Gasteiger partial charge in [-0.2, -0.15) is 5.10 Å². The molecule has 0 saturated heterocycles. The summed E-state index contributed by atoms with van der Waals surface area (Å²) in [6.07, 6.45) is 1.03. The average Bonchev–Trinajstić information content (AvgIpc) is 2.45. The standard InChI is InChI=1S/C12H23N3/c1-7-15-10(3)11(9(2)14-15)8-12(4,5)13-6/h13H,7-8H2,1-6H3. The summed E-state index contributed by atoms with van der Waals surface area (Å²) in [7, 11) is 2.01. The third-order valence-corrected chi connectivity index (χ3v) is 3.13. The molecule has 1 aromatic rings. The van der Waals surface area contributed by atoms with Gasteiger partial charge in [0, 0.05) is 17.8 Å². The Labute approximate surface area is 92.9 Å². The first-order valence-corrected chi connectivity index (χ1v) is 5.63. The van der Waals surface area contributed by atoms with E-state index in [1.807, 2.05) is 7.05 Å². The minimum Gasteiger partial charge on any atom is -0.314 e. The lowest BCUT2D eigenvalue weighted by Crippen LogP contribution is -2.38. The molecule has 0 aliphatic rings. The molecular formula is C12H23N3. The summed E-state index contributed by atoms with van der Waals surface area (Å²) in [5, 5.41) is 7.87. The van der Waals surface area contributed by atoms with Crippen LogP contribution < -0.4 is 5.32 Å². The zero-order chi connectivity index (χ0) is 11.6. The Morgan fingerprint density at radius 1 is 1.33 bits per heavy atom. The Kier molecular flexibility index (Phi) is 3.55. The summed E-state index contributed by atoms with van der Waals surface area (Å²) < 4.78 is 2.08. The molecule has 1 aromatic heterocycles. The zero-order valence-electron chi connectivity index (χ0n) is 10.8. The summed E-state index contributed by atoms with van der Waals surface area (Å²) in [5.41, 5.74) is 3.99. The van der Waals surface area contributed by atoms with Crippen LogP contribution in [-0.2, 0) is 13.0 Å². The molecule has 0 saturated carbocycles. The van der Waals surface area contributed by atoms with Gasteiger partial charge < -0.3 is 5.32 Å². The molecule has 1 N–H and O–H groups in total. The fourth-order valence-electron chi connectivity index (χ4n) is 1.83. The maximum absolute atomic E-state index is 4.54. The molecule has 3 heteroatoms. The van der Waals surface area contributed by atoms with Crippen molar-refractivity contribution in [1.29, 1.82) is 0 Å². The molecule has 0 fully saturated rings. The highest BCUT2D eigenvalue weighted by molar-refractivity contribution is 5.26. The van der Waals surface area contributed by atoms with Crippen molar-refractivity contribution in [2.45, 2.75) is 53.1 Å². The van der Waals surface area contributed by atoms with Gasteiger partial charge in [0.25, 0.3) is 0 Å². The highest BCUT2D eigenvalue weighted by atomic mass is 15.3. The minimum absolute atomic E-state index is 0.136. The van der Waals surface area contributed by atoms with Gasteiger partial charge in [0.2, 0.25) is 0 Å². The van der Waals surface area contributed by atoms with E-state index in [1.165, 1.54) is 11.3 Å². The van der Waals surface area contributed by atoms with Gasteiger partial charge in [-0.3, -0.25) is 4.68 Å². The van der Waals surface area contributed by atoms with Crippen molar-refractivity contribution in [3.05, 3.63) is 17.0 Å². The van der Waals surface area contributed by atoms with E-state index in [9.17, 15) is 0 Å². The van der Waals surface area contributed by atoms with Crippen molar-refractivity contribution in [2.24, 2.45) is 0 Å². The second kappa shape index (κ2) is 4.35. The molecular weight excluding hydrogens is 186 g/mol. The van der Waals surface area contributed by atoms with Gasteiger partial charge in [0.1, 0.15) is 0 Å². The highest BCUT2D eigenvalue weighted by Gasteiger charge is 2.20. The van der Waals surface area contributed by atoms with Crippen molar-refractivity contribution in [3.8, 4) is 0 Å². The number of hydrogen-bond donors (Lipinski definition) is 1. The monoisotopic (exact) mass is 209 g/mol. The zero-order valence-corrected chi connectivity index (χ0v) is 10.8. The second-order valence-electron chi connectivity index (χ2n) is 4.78. The van der Waals surface area contributed by atoms with Crippen molar-refractivity contribution in [3.63, 3.8) is 0 Å². The Morgan fingerprint density at radius 3 is 2.33 bits per heavy atom.